The summed E-state index contributed by atoms with van der Waals surface area (Å²) in [5, 5.41) is 9.87. The van der Waals surface area contributed by atoms with Gasteiger partial charge in [0, 0.05) is 0 Å². The second-order valence-electron chi connectivity index (χ2n) is 5.90. The highest BCUT2D eigenvalue weighted by Gasteiger charge is 2.03. The van der Waals surface area contributed by atoms with Gasteiger partial charge < -0.3 is 5.11 Å². The summed E-state index contributed by atoms with van der Waals surface area (Å²) in [4.78, 5) is 0. The zero-order chi connectivity index (χ0) is 15.6. The number of hydrogen-bond donors (Lipinski definition) is 1. The van der Waals surface area contributed by atoms with Crippen LogP contribution in [0.4, 0.5) is 0 Å². The van der Waals surface area contributed by atoms with E-state index >= 15 is 0 Å². The predicted octanol–water partition coefficient (Wildman–Crippen LogP) is 6.35. The van der Waals surface area contributed by atoms with E-state index in [0.717, 1.165) is 12.8 Å². The summed E-state index contributed by atoms with van der Waals surface area (Å²) in [5.74, 6) is 0. The Morgan fingerprint density at radius 3 is 2.10 bits per heavy atom. The van der Waals surface area contributed by atoms with Crippen molar-refractivity contribution in [2.45, 2.75) is 90.1 Å². The lowest BCUT2D eigenvalue weighted by Gasteiger charge is -2.09. The number of aliphatic hydroxyl groups excluding tert-OH is 1. The number of allylic oxidation sites excluding steroid dienone is 5. The van der Waals surface area contributed by atoms with Crippen LogP contribution < -0.4 is 0 Å². The van der Waals surface area contributed by atoms with E-state index in [0.29, 0.717) is 0 Å². The normalized spacial score (nSPS) is 13.2. The molecule has 0 spiro atoms. The van der Waals surface area contributed by atoms with Crippen LogP contribution in [0.5, 0.6) is 0 Å². The van der Waals surface area contributed by atoms with E-state index in [-0.39, 0.29) is 6.10 Å². The molecule has 0 radical (unpaired) electrons. The van der Waals surface area contributed by atoms with E-state index in [1.54, 1.807) is 6.08 Å². The van der Waals surface area contributed by atoms with Crippen molar-refractivity contribution in [2.24, 2.45) is 0 Å². The summed E-state index contributed by atoms with van der Waals surface area (Å²) in [5.41, 5.74) is 0. The van der Waals surface area contributed by atoms with Gasteiger partial charge in [-0.15, -0.1) is 0 Å². The quantitative estimate of drug-likeness (QED) is 0.275. The van der Waals surface area contributed by atoms with Crippen molar-refractivity contribution < 1.29 is 5.11 Å². The molecule has 0 aromatic carbocycles. The third-order valence-electron chi connectivity index (χ3n) is 3.79. The van der Waals surface area contributed by atoms with E-state index < -0.39 is 0 Å². The van der Waals surface area contributed by atoms with Crippen LogP contribution in [-0.2, 0) is 0 Å². The minimum Gasteiger partial charge on any atom is -0.393 e. The molecule has 0 bridgehead atoms. The first kappa shape index (κ1) is 20.2. The van der Waals surface area contributed by atoms with Crippen molar-refractivity contribution >= 4 is 0 Å². The summed E-state index contributed by atoms with van der Waals surface area (Å²) in [6, 6.07) is 0. The fraction of sp³-hybridized carbons (Fsp3) is 0.700. The Morgan fingerprint density at radius 2 is 1.43 bits per heavy atom. The highest BCUT2D eigenvalue weighted by atomic mass is 16.3. The van der Waals surface area contributed by atoms with Crippen LogP contribution in [0.15, 0.2) is 37.0 Å². The van der Waals surface area contributed by atoms with Gasteiger partial charge in [-0.25, -0.2) is 0 Å². The van der Waals surface area contributed by atoms with Crippen LogP contribution in [0.2, 0.25) is 0 Å². The van der Waals surface area contributed by atoms with E-state index in [1.807, 2.05) is 12.2 Å². The lowest BCUT2D eigenvalue weighted by Crippen LogP contribution is -2.05. The molecule has 122 valence electrons. The third-order valence-corrected chi connectivity index (χ3v) is 3.79. The lowest BCUT2D eigenvalue weighted by atomic mass is 10.0. The Balaban J connectivity index is 3.22. The second-order valence-corrected chi connectivity index (χ2v) is 5.90. The van der Waals surface area contributed by atoms with Gasteiger partial charge in [0.25, 0.3) is 0 Å². The molecule has 0 aliphatic heterocycles. The van der Waals surface area contributed by atoms with Crippen LogP contribution >= 0.6 is 0 Å². The Morgan fingerprint density at radius 1 is 0.810 bits per heavy atom. The summed E-state index contributed by atoms with van der Waals surface area (Å²) in [7, 11) is 0. The summed E-state index contributed by atoms with van der Waals surface area (Å²) < 4.78 is 0. The number of unbranched alkanes of at least 4 members (excludes halogenated alkanes) is 8. The minimum atomic E-state index is -0.0542. The summed E-state index contributed by atoms with van der Waals surface area (Å²) in [6.07, 6.45) is 24.6. The number of aliphatic hydroxyl groups is 1. The molecule has 0 fully saturated rings. The first-order chi connectivity index (χ1) is 10.3. The molecule has 1 heteroatoms. The molecule has 1 nitrogen and oxygen atoms in total. The highest BCUT2D eigenvalue weighted by Crippen LogP contribution is 2.13. The molecular formula is C20H36O. The van der Waals surface area contributed by atoms with Gasteiger partial charge in [0.2, 0.25) is 0 Å². The van der Waals surface area contributed by atoms with Crippen molar-refractivity contribution in [1.82, 2.24) is 0 Å². The zero-order valence-corrected chi connectivity index (χ0v) is 14.1. The molecule has 1 unspecified atom stereocenters. The summed E-state index contributed by atoms with van der Waals surface area (Å²) >= 11 is 0. The third kappa shape index (κ3) is 17.1. The van der Waals surface area contributed by atoms with Crippen LogP contribution in [-0.4, -0.2) is 11.2 Å². The molecule has 0 saturated carbocycles. The van der Waals surface area contributed by atoms with Gasteiger partial charge in [0.15, 0.2) is 0 Å². The van der Waals surface area contributed by atoms with Gasteiger partial charge in [0.05, 0.1) is 6.10 Å². The van der Waals surface area contributed by atoms with Crippen LogP contribution in [0.3, 0.4) is 0 Å². The Labute approximate surface area is 132 Å². The fourth-order valence-electron chi connectivity index (χ4n) is 2.44. The maximum Gasteiger partial charge on any atom is 0.0540 e. The fourth-order valence-corrected chi connectivity index (χ4v) is 2.44. The first-order valence-electron chi connectivity index (χ1n) is 8.93. The predicted molar refractivity (Wildman–Crippen MR) is 95.6 cm³/mol. The second kappa shape index (κ2) is 17.2. The van der Waals surface area contributed by atoms with E-state index in [9.17, 15) is 5.11 Å². The molecule has 21 heavy (non-hydrogen) atoms. The minimum absolute atomic E-state index is 0.0542. The molecule has 1 atom stereocenters. The lowest BCUT2D eigenvalue weighted by molar-refractivity contribution is 0.147. The van der Waals surface area contributed by atoms with Crippen molar-refractivity contribution in [3.05, 3.63) is 37.0 Å². The molecule has 1 N–H and O–H groups in total. The van der Waals surface area contributed by atoms with E-state index in [2.05, 4.69) is 25.7 Å². The Kier molecular flexibility index (Phi) is 16.6. The first-order valence-corrected chi connectivity index (χ1v) is 8.93. The van der Waals surface area contributed by atoms with Crippen LogP contribution in [0.1, 0.15) is 84.0 Å². The average Bonchev–Trinajstić information content (AvgIpc) is 2.49. The van der Waals surface area contributed by atoms with Gasteiger partial charge in [-0.2, -0.15) is 0 Å². The maximum atomic E-state index is 9.87. The van der Waals surface area contributed by atoms with Gasteiger partial charge in [-0.3, -0.25) is 0 Å². The van der Waals surface area contributed by atoms with Crippen molar-refractivity contribution in [2.75, 3.05) is 0 Å². The average molecular weight is 293 g/mol. The standard InChI is InChI=1S/C20H36O/c1-3-5-7-9-10-11-12-13-14-15-17-19-20(21)18-16-8-6-4-2/h3,5,7,9-10,20-21H,1,4,6,8,11-19H2,2H3. The molecule has 0 aliphatic rings. The molecule has 0 aliphatic carbocycles. The molecule has 0 heterocycles. The Bertz CT molecular complexity index is 265. The Hall–Kier alpha value is -0.820. The zero-order valence-electron chi connectivity index (χ0n) is 14.1. The monoisotopic (exact) mass is 292 g/mol. The summed E-state index contributed by atoms with van der Waals surface area (Å²) in [6.45, 7) is 5.86. The molecule has 0 aromatic rings. The smallest absolute Gasteiger partial charge is 0.0540 e. The number of hydrogen-bond acceptors (Lipinski definition) is 1. The molecular weight excluding hydrogens is 256 g/mol. The van der Waals surface area contributed by atoms with E-state index in [4.69, 9.17) is 0 Å². The van der Waals surface area contributed by atoms with Crippen molar-refractivity contribution in [3.8, 4) is 0 Å². The van der Waals surface area contributed by atoms with Crippen LogP contribution in [0.25, 0.3) is 0 Å². The number of rotatable bonds is 15. The van der Waals surface area contributed by atoms with E-state index in [1.165, 1.54) is 64.2 Å². The topological polar surface area (TPSA) is 20.2 Å². The molecule has 0 aromatic heterocycles. The van der Waals surface area contributed by atoms with Gasteiger partial charge in [-0.1, -0.05) is 95.2 Å². The largest absolute Gasteiger partial charge is 0.393 e. The van der Waals surface area contributed by atoms with Crippen LogP contribution in [0, 0.1) is 0 Å². The molecule has 0 amide bonds. The van der Waals surface area contributed by atoms with Gasteiger partial charge in [0.1, 0.15) is 0 Å². The molecule has 0 saturated heterocycles. The maximum absolute atomic E-state index is 9.87. The highest BCUT2D eigenvalue weighted by molar-refractivity contribution is 5.08. The molecule has 0 rings (SSSR count). The SMILES string of the molecule is C=CC=CC=CCCCCCCCC(O)CCCCCC. The van der Waals surface area contributed by atoms with Crippen molar-refractivity contribution in [3.63, 3.8) is 0 Å². The van der Waals surface area contributed by atoms with Gasteiger partial charge in [-0.05, 0) is 25.7 Å². The van der Waals surface area contributed by atoms with Crippen molar-refractivity contribution in [1.29, 1.82) is 0 Å². The van der Waals surface area contributed by atoms with Gasteiger partial charge >= 0.3 is 0 Å².